The number of carbonyl (C=O) groups excluding carboxylic acids is 1. The number of thiazole rings is 1. The first-order chi connectivity index (χ1) is 10.6. The van der Waals surface area contributed by atoms with Crippen LogP contribution in [0.25, 0.3) is 10.2 Å². The van der Waals surface area contributed by atoms with Crippen molar-refractivity contribution >= 4 is 32.6 Å². The Balaban J connectivity index is 1.56. The molecule has 3 N–H and O–H groups in total. The number of nitrogens with two attached hydrogens (primary N) is 1. The third-order valence-corrected chi connectivity index (χ3v) is 5.02. The second kappa shape index (κ2) is 6.62. The van der Waals surface area contributed by atoms with Gasteiger partial charge in [-0.15, -0.1) is 0 Å². The van der Waals surface area contributed by atoms with E-state index in [1.54, 1.807) is 11.3 Å². The van der Waals surface area contributed by atoms with Crippen molar-refractivity contribution in [2.45, 2.75) is 38.3 Å². The van der Waals surface area contributed by atoms with Crippen molar-refractivity contribution in [3.05, 3.63) is 24.3 Å². The summed E-state index contributed by atoms with van der Waals surface area (Å²) in [6.45, 7) is 3.72. The zero-order chi connectivity index (χ0) is 15.5. The molecule has 1 aliphatic heterocycles. The maximum absolute atomic E-state index is 11.8. The third kappa shape index (κ3) is 3.56. The van der Waals surface area contributed by atoms with Gasteiger partial charge in [0.2, 0.25) is 5.91 Å². The summed E-state index contributed by atoms with van der Waals surface area (Å²) < 4.78 is 1.23. The average Bonchev–Trinajstić information content (AvgIpc) is 2.91. The van der Waals surface area contributed by atoms with Crippen LogP contribution in [0.2, 0.25) is 0 Å². The zero-order valence-electron chi connectivity index (χ0n) is 12.8. The molecule has 1 amide bonds. The minimum absolute atomic E-state index is 0.0634. The van der Waals surface area contributed by atoms with E-state index in [2.05, 4.69) is 22.3 Å². The number of amides is 1. The van der Waals surface area contributed by atoms with Gasteiger partial charge in [-0.3, -0.25) is 4.79 Å². The van der Waals surface area contributed by atoms with Gasteiger partial charge in [0.1, 0.15) is 0 Å². The summed E-state index contributed by atoms with van der Waals surface area (Å²) in [6.07, 6.45) is 2.32. The molecule has 0 bridgehead atoms. The van der Waals surface area contributed by atoms with Crippen LogP contribution >= 0.6 is 11.3 Å². The Morgan fingerprint density at radius 1 is 1.45 bits per heavy atom. The van der Waals surface area contributed by atoms with Gasteiger partial charge in [0, 0.05) is 31.6 Å². The number of anilines is 1. The molecule has 1 aromatic heterocycles. The SMILES string of the molecule is CC(N)CC(=O)NC1CCN(c2nc3ccccc3s2)CC1. The molecule has 1 aliphatic rings. The Hall–Kier alpha value is -1.66. The molecule has 5 nitrogen and oxygen atoms in total. The van der Waals surface area contributed by atoms with Gasteiger partial charge in [-0.2, -0.15) is 0 Å². The number of para-hydroxylation sites is 1. The normalized spacial score (nSPS) is 17.6. The van der Waals surface area contributed by atoms with Gasteiger partial charge in [-0.05, 0) is 31.9 Å². The number of fused-ring (bicyclic) bond motifs is 1. The summed E-state index contributed by atoms with van der Waals surface area (Å²) in [5, 5.41) is 4.17. The molecule has 0 spiro atoms. The summed E-state index contributed by atoms with van der Waals surface area (Å²) in [6, 6.07) is 8.41. The highest BCUT2D eigenvalue weighted by atomic mass is 32.1. The monoisotopic (exact) mass is 318 g/mol. The molecule has 1 fully saturated rings. The first-order valence-corrected chi connectivity index (χ1v) is 8.59. The number of rotatable bonds is 4. The molecule has 1 unspecified atom stereocenters. The van der Waals surface area contributed by atoms with Gasteiger partial charge < -0.3 is 16.0 Å². The predicted octanol–water partition coefficient (Wildman–Crippen LogP) is 2.12. The largest absolute Gasteiger partial charge is 0.353 e. The van der Waals surface area contributed by atoms with Crippen molar-refractivity contribution in [2.24, 2.45) is 5.73 Å². The minimum Gasteiger partial charge on any atom is -0.353 e. The maximum atomic E-state index is 11.8. The lowest BCUT2D eigenvalue weighted by molar-refractivity contribution is -0.122. The standard InChI is InChI=1S/C16H22N4OS/c1-11(17)10-15(21)18-12-6-8-20(9-7-12)16-19-13-4-2-3-5-14(13)22-16/h2-5,11-12H,6-10,17H2,1H3,(H,18,21). The van der Waals surface area contributed by atoms with E-state index in [0.29, 0.717) is 6.42 Å². The molecule has 118 valence electrons. The highest BCUT2D eigenvalue weighted by Crippen LogP contribution is 2.30. The number of aromatic nitrogens is 1. The van der Waals surface area contributed by atoms with Crippen LogP contribution in [0.1, 0.15) is 26.2 Å². The highest BCUT2D eigenvalue weighted by Gasteiger charge is 2.22. The zero-order valence-corrected chi connectivity index (χ0v) is 13.6. The minimum atomic E-state index is -0.0807. The second-order valence-corrected chi connectivity index (χ2v) is 6.98. The molecular formula is C16H22N4OS. The predicted molar refractivity (Wildman–Crippen MR) is 91.3 cm³/mol. The Morgan fingerprint density at radius 2 is 2.18 bits per heavy atom. The van der Waals surface area contributed by atoms with Crippen LogP contribution in [0.4, 0.5) is 5.13 Å². The van der Waals surface area contributed by atoms with E-state index in [-0.39, 0.29) is 18.0 Å². The van der Waals surface area contributed by atoms with Gasteiger partial charge in [0.15, 0.2) is 5.13 Å². The fourth-order valence-corrected chi connectivity index (χ4v) is 3.81. The van der Waals surface area contributed by atoms with Gasteiger partial charge in [0.25, 0.3) is 0 Å². The first-order valence-electron chi connectivity index (χ1n) is 7.77. The van der Waals surface area contributed by atoms with Gasteiger partial charge in [-0.25, -0.2) is 4.98 Å². The number of carbonyl (C=O) groups is 1. The van der Waals surface area contributed by atoms with Crippen molar-refractivity contribution in [3.8, 4) is 0 Å². The third-order valence-electron chi connectivity index (χ3n) is 3.92. The maximum Gasteiger partial charge on any atom is 0.221 e. The topological polar surface area (TPSA) is 71.2 Å². The smallest absolute Gasteiger partial charge is 0.221 e. The van der Waals surface area contributed by atoms with Crippen molar-refractivity contribution < 1.29 is 4.79 Å². The van der Waals surface area contributed by atoms with E-state index >= 15 is 0 Å². The molecule has 0 radical (unpaired) electrons. The van der Waals surface area contributed by atoms with Crippen LogP contribution in [0.3, 0.4) is 0 Å². The fourth-order valence-electron chi connectivity index (χ4n) is 2.79. The Morgan fingerprint density at radius 3 is 2.86 bits per heavy atom. The van der Waals surface area contributed by atoms with Crippen LogP contribution in [0, 0.1) is 0 Å². The fraction of sp³-hybridized carbons (Fsp3) is 0.500. The van der Waals surface area contributed by atoms with E-state index in [9.17, 15) is 4.79 Å². The molecule has 22 heavy (non-hydrogen) atoms. The Kier molecular flexibility index (Phi) is 4.59. The number of nitrogens with one attached hydrogen (secondary N) is 1. The second-order valence-electron chi connectivity index (χ2n) is 5.97. The number of piperidine rings is 1. The molecule has 1 aromatic carbocycles. The first kappa shape index (κ1) is 15.2. The molecule has 0 saturated carbocycles. The van der Waals surface area contributed by atoms with E-state index in [0.717, 1.165) is 36.6 Å². The summed E-state index contributed by atoms with van der Waals surface area (Å²) in [4.78, 5) is 18.8. The van der Waals surface area contributed by atoms with E-state index in [1.807, 2.05) is 19.1 Å². The molecule has 2 heterocycles. The number of hydrogen-bond donors (Lipinski definition) is 2. The molecule has 2 aromatic rings. The van der Waals surface area contributed by atoms with Gasteiger partial charge >= 0.3 is 0 Å². The van der Waals surface area contributed by atoms with Crippen molar-refractivity contribution in [3.63, 3.8) is 0 Å². The van der Waals surface area contributed by atoms with Gasteiger partial charge in [-0.1, -0.05) is 23.5 Å². The van der Waals surface area contributed by atoms with Crippen LogP contribution in [-0.2, 0) is 4.79 Å². The average molecular weight is 318 g/mol. The Bertz CT molecular complexity index is 613. The quantitative estimate of drug-likeness (QED) is 0.906. The van der Waals surface area contributed by atoms with Crippen LogP contribution < -0.4 is 16.0 Å². The van der Waals surface area contributed by atoms with Crippen LogP contribution in [-0.4, -0.2) is 36.1 Å². The molecule has 1 atom stereocenters. The molecular weight excluding hydrogens is 296 g/mol. The van der Waals surface area contributed by atoms with Crippen molar-refractivity contribution in [1.82, 2.24) is 10.3 Å². The molecule has 3 rings (SSSR count). The van der Waals surface area contributed by atoms with Gasteiger partial charge in [0.05, 0.1) is 10.2 Å². The number of nitrogens with zero attached hydrogens (tertiary/aromatic N) is 2. The summed E-state index contributed by atoms with van der Waals surface area (Å²) >= 11 is 1.74. The van der Waals surface area contributed by atoms with E-state index in [4.69, 9.17) is 10.7 Å². The lowest BCUT2D eigenvalue weighted by Gasteiger charge is -2.32. The van der Waals surface area contributed by atoms with Crippen molar-refractivity contribution in [1.29, 1.82) is 0 Å². The Labute approximate surface area is 134 Å². The molecule has 6 heteroatoms. The molecule has 1 saturated heterocycles. The van der Waals surface area contributed by atoms with Crippen LogP contribution in [0.15, 0.2) is 24.3 Å². The summed E-state index contributed by atoms with van der Waals surface area (Å²) in [7, 11) is 0. The van der Waals surface area contributed by atoms with E-state index in [1.165, 1.54) is 4.70 Å². The number of hydrogen-bond acceptors (Lipinski definition) is 5. The lowest BCUT2D eigenvalue weighted by atomic mass is 10.1. The van der Waals surface area contributed by atoms with E-state index < -0.39 is 0 Å². The summed E-state index contributed by atoms with van der Waals surface area (Å²) in [5.41, 5.74) is 6.72. The lowest BCUT2D eigenvalue weighted by Crippen LogP contribution is -2.45. The summed E-state index contributed by atoms with van der Waals surface area (Å²) in [5.74, 6) is 0.0634. The molecule has 0 aliphatic carbocycles. The number of benzene rings is 1. The van der Waals surface area contributed by atoms with Crippen molar-refractivity contribution in [2.75, 3.05) is 18.0 Å². The van der Waals surface area contributed by atoms with Crippen LogP contribution in [0.5, 0.6) is 0 Å². The highest BCUT2D eigenvalue weighted by molar-refractivity contribution is 7.22.